The molecule has 1 aliphatic carbocycles. The molecule has 0 amide bonds. The summed E-state index contributed by atoms with van der Waals surface area (Å²) in [7, 11) is 4.78. The van der Waals surface area contributed by atoms with Crippen molar-refractivity contribution in [1.29, 1.82) is 0 Å². The van der Waals surface area contributed by atoms with E-state index in [9.17, 15) is 9.90 Å². The molecule has 16 heavy (non-hydrogen) atoms. The molecule has 1 rings (SSSR count). The Morgan fingerprint density at radius 1 is 1.50 bits per heavy atom. The van der Waals surface area contributed by atoms with Gasteiger partial charge in [-0.1, -0.05) is 0 Å². The van der Waals surface area contributed by atoms with Crippen molar-refractivity contribution in [2.24, 2.45) is 5.92 Å². The van der Waals surface area contributed by atoms with Crippen LogP contribution in [0.4, 0.5) is 0 Å². The first-order chi connectivity index (χ1) is 7.60. The Morgan fingerprint density at radius 3 is 2.56 bits per heavy atom. The fraction of sp³-hybridized carbons (Fsp3) is 0.909. The molecule has 1 aliphatic rings. The quantitative estimate of drug-likeness (QED) is 0.619. The number of esters is 1. The summed E-state index contributed by atoms with van der Waals surface area (Å²) in [4.78, 5) is 13.5. The highest BCUT2D eigenvalue weighted by Gasteiger charge is 2.39. The Bertz CT molecular complexity index is 230. The van der Waals surface area contributed by atoms with Gasteiger partial charge in [-0.3, -0.25) is 9.69 Å². The molecule has 0 aromatic carbocycles. The van der Waals surface area contributed by atoms with E-state index in [1.165, 1.54) is 7.11 Å². The van der Waals surface area contributed by atoms with Crippen LogP contribution in [0.1, 0.15) is 12.8 Å². The second-order valence-electron chi connectivity index (χ2n) is 4.35. The number of hydrogen-bond acceptors (Lipinski definition) is 5. The van der Waals surface area contributed by atoms with E-state index in [0.717, 1.165) is 12.8 Å². The first-order valence-electron chi connectivity index (χ1n) is 5.55. The van der Waals surface area contributed by atoms with E-state index in [1.807, 2.05) is 11.9 Å². The van der Waals surface area contributed by atoms with Gasteiger partial charge in [0.05, 0.1) is 19.8 Å². The zero-order chi connectivity index (χ0) is 12.1. The molecule has 1 saturated carbocycles. The lowest BCUT2D eigenvalue weighted by Crippen LogP contribution is -2.45. The van der Waals surface area contributed by atoms with Gasteiger partial charge in [0.2, 0.25) is 0 Å². The summed E-state index contributed by atoms with van der Waals surface area (Å²) in [6.45, 7) is 0.701. The molecule has 0 aromatic heterocycles. The molecule has 0 radical (unpaired) electrons. The van der Waals surface area contributed by atoms with Gasteiger partial charge in [0.1, 0.15) is 6.04 Å². The molecule has 0 heterocycles. The molecule has 2 atom stereocenters. The van der Waals surface area contributed by atoms with Crippen LogP contribution in [0.2, 0.25) is 0 Å². The third kappa shape index (κ3) is 3.73. The highest BCUT2D eigenvalue weighted by Crippen LogP contribution is 2.35. The van der Waals surface area contributed by atoms with Gasteiger partial charge in [-0.05, 0) is 25.8 Å². The molecule has 0 aliphatic heterocycles. The second-order valence-corrected chi connectivity index (χ2v) is 4.35. The molecule has 2 unspecified atom stereocenters. The van der Waals surface area contributed by atoms with Crippen molar-refractivity contribution >= 4 is 5.97 Å². The Morgan fingerprint density at radius 2 is 2.12 bits per heavy atom. The van der Waals surface area contributed by atoms with E-state index < -0.39 is 6.10 Å². The summed E-state index contributed by atoms with van der Waals surface area (Å²) in [6, 6.07) is -0.225. The Hall–Kier alpha value is -0.650. The van der Waals surface area contributed by atoms with Gasteiger partial charge >= 0.3 is 5.97 Å². The number of nitrogens with zero attached hydrogens (tertiary/aromatic N) is 1. The lowest BCUT2D eigenvalue weighted by molar-refractivity contribution is -0.148. The molecule has 94 valence electrons. The van der Waals surface area contributed by atoms with Gasteiger partial charge in [-0.15, -0.1) is 0 Å². The van der Waals surface area contributed by atoms with Gasteiger partial charge in [0.25, 0.3) is 0 Å². The fourth-order valence-electron chi connectivity index (χ4n) is 1.96. The molecule has 0 bridgehead atoms. The number of carbonyl (C=O) groups is 1. The molecule has 0 aromatic rings. The maximum atomic E-state index is 11.6. The van der Waals surface area contributed by atoms with Crippen molar-refractivity contribution in [3.63, 3.8) is 0 Å². The van der Waals surface area contributed by atoms with Crippen LogP contribution in [0.25, 0.3) is 0 Å². The minimum absolute atomic E-state index is 0.213. The summed E-state index contributed by atoms with van der Waals surface area (Å²) in [6.07, 6.45) is 1.55. The molecular weight excluding hydrogens is 210 g/mol. The molecule has 0 saturated heterocycles. The maximum Gasteiger partial charge on any atom is 0.323 e. The number of aliphatic hydroxyl groups excluding tert-OH is 1. The van der Waals surface area contributed by atoms with Crippen molar-refractivity contribution < 1.29 is 19.4 Å². The van der Waals surface area contributed by atoms with Crippen LogP contribution >= 0.6 is 0 Å². The number of likely N-dealkylation sites (N-methyl/N-ethyl adjacent to an activating group) is 1. The largest absolute Gasteiger partial charge is 0.468 e. The lowest BCUT2D eigenvalue weighted by atomic mass is 10.1. The van der Waals surface area contributed by atoms with Crippen LogP contribution in [0.15, 0.2) is 0 Å². The van der Waals surface area contributed by atoms with Crippen molar-refractivity contribution in [3.05, 3.63) is 0 Å². The van der Waals surface area contributed by atoms with Gasteiger partial charge in [0.15, 0.2) is 0 Å². The van der Waals surface area contributed by atoms with Crippen LogP contribution in [-0.4, -0.2) is 62.5 Å². The van der Waals surface area contributed by atoms with Gasteiger partial charge < -0.3 is 14.6 Å². The first kappa shape index (κ1) is 13.4. The topological polar surface area (TPSA) is 59.0 Å². The highest BCUT2D eigenvalue weighted by atomic mass is 16.5. The number of ether oxygens (including phenoxy) is 2. The summed E-state index contributed by atoms with van der Waals surface area (Å²) in [5.74, 6) is 0.168. The lowest BCUT2D eigenvalue weighted by Gasteiger charge is -2.27. The molecule has 1 fully saturated rings. The van der Waals surface area contributed by atoms with Crippen LogP contribution in [0, 0.1) is 5.92 Å². The Balaban J connectivity index is 2.47. The average molecular weight is 231 g/mol. The highest BCUT2D eigenvalue weighted by molar-refractivity contribution is 5.76. The molecular formula is C11H21NO4. The second kappa shape index (κ2) is 6.18. The van der Waals surface area contributed by atoms with Crippen LogP contribution in [0.3, 0.4) is 0 Å². The number of methoxy groups -OCH3 is 2. The Kier molecular flexibility index (Phi) is 5.18. The Labute approximate surface area is 96.3 Å². The van der Waals surface area contributed by atoms with Gasteiger partial charge in [0, 0.05) is 13.7 Å². The van der Waals surface area contributed by atoms with E-state index in [4.69, 9.17) is 9.47 Å². The summed E-state index contributed by atoms with van der Waals surface area (Å²) in [5, 5.41) is 9.61. The van der Waals surface area contributed by atoms with Crippen LogP contribution in [0.5, 0.6) is 0 Å². The first-order valence-corrected chi connectivity index (χ1v) is 5.55. The normalized spacial score (nSPS) is 19.6. The third-order valence-electron chi connectivity index (χ3n) is 2.84. The van der Waals surface area contributed by atoms with E-state index >= 15 is 0 Å². The number of rotatable bonds is 7. The predicted octanol–water partition coefficient (Wildman–Crippen LogP) is -0.123. The summed E-state index contributed by atoms with van der Waals surface area (Å²) in [5.41, 5.74) is 0. The molecule has 1 N–H and O–H groups in total. The van der Waals surface area contributed by atoms with E-state index in [0.29, 0.717) is 12.5 Å². The minimum Gasteiger partial charge on any atom is -0.468 e. The smallest absolute Gasteiger partial charge is 0.323 e. The summed E-state index contributed by atoms with van der Waals surface area (Å²) < 4.78 is 9.64. The van der Waals surface area contributed by atoms with E-state index in [2.05, 4.69) is 0 Å². The third-order valence-corrected chi connectivity index (χ3v) is 2.84. The summed E-state index contributed by atoms with van der Waals surface area (Å²) >= 11 is 0. The van der Waals surface area contributed by atoms with E-state index in [-0.39, 0.29) is 18.6 Å². The van der Waals surface area contributed by atoms with E-state index in [1.54, 1.807) is 7.11 Å². The predicted molar refractivity (Wildman–Crippen MR) is 59.0 cm³/mol. The standard InChI is InChI=1S/C11H21NO4/c1-12(6-9(13)7-15-2)10(8-4-5-8)11(14)16-3/h8-10,13H,4-7H2,1-3H3. The number of hydrogen-bond donors (Lipinski definition) is 1. The van der Waals surface area contributed by atoms with Crippen molar-refractivity contribution in [2.75, 3.05) is 34.4 Å². The van der Waals surface area contributed by atoms with Crippen molar-refractivity contribution in [1.82, 2.24) is 4.90 Å². The van der Waals surface area contributed by atoms with Crippen LogP contribution in [-0.2, 0) is 14.3 Å². The molecule has 5 heteroatoms. The monoisotopic (exact) mass is 231 g/mol. The zero-order valence-electron chi connectivity index (χ0n) is 10.2. The van der Waals surface area contributed by atoms with Gasteiger partial charge in [-0.25, -0.2) is 0 Å². The van der Waals surface area contributed by atoms with Gasteiger partial charge in [-0.2, -0.15) is 0 Å². The SMILES string of the molecule is COCC(O)CN(C)C(C(=O)OC)C1CC1. The van der Waals surface area contributed by atoms with Crippen molar-refractivity contribution in [2.45, 2.75) is 25.0 Å². The zero-order valence-corrected chi connectivity index (χ0v) is 10.2. The molecule has 0 spiro atoms. The van der Waals surface area contributed by atoms with Crippen LogP contribution < -0.4 is 0 Å². The van der Waals surface area contributed by atoms with Crippen molar-refractivity contribution in [3.8, 4) is 0 Å². The minimum atomic E-state index is -0.569. The maximum absolute atomic E-state index is 11.6. The number of carbonyl (C=O) groups excluding carboxylic acids is 1. The number of aliphatic hydroxyl groups is 1. The fourth-order valence-corrected chi connectivity index (χ4v) is 1.96. The average Bonchev–Trinajstić information content (AvgIpc) is 3.02. The molecule has 5 nitrogen and oxygen atoms in total.